The van der Waals surface area contributed by atoms with Crippen LogP contribution in [0.25, 0.3) is 0 Å². The van der Waals surface area contributed by atoms with Crippen LogP contribution in [0.15, 0.2) is 41.5 Å². The Labute approximate surface area is 174 Å². The molecule has 29 heavy (non-hydrogen) atoms. The van der Waals surface area contributed by atoms with Crippen molar-refractivity contribution in [2.24, 2.45) is 4.99 Å². The quantitative estimate of drug-likeness (QED) is 0.601. The van der Waals surface area contributed by atoms with Crippen LogP contribution >= 0.6 is 0 Å². The molecule has 1 aromatic heterocycles. The lowest BCUT2D eigenvalue weighted by molar-refractivity contribution is -0.00545. The van der Waals surface area contributed by atoms with Crippen molar-refractivity contribution in [3.8, 4) is 0 Å². The van der Waals surface area contributed by atoms with Crippen molar-refractivity contribution in [1.29, 1.82) is 0 Å². The molecule has 1 aliphatic rings. The molecule has 1 aromatic carbocycles. The van der Waals surface area contributed by atoms with E-state index in [0.29, 0.717) is 6.54 Å². The number of benzene rings is 1. The molecule has 156 valence electrons. The summed E-state index contributed by atoms with van der Waals surface area (Å²) in [5.74, 6) is 1.79. The van der Waals surface area contributed by atoms with Crippen LogP contribution in [0, 0.1) is 13.8 Å². The Morgan fingerprint density at radius 2 is 1.83 bits per heavy atom. The highest BCUT2D eigenvalue weighted by Gasteiger charge is 2.22. The Kier molecular flexibility index (Phi) is 7.09. The molecule has 2 heterocycles. The highest BCUT2D eigenvalue weighted by molar-refractivity contribution is 5.79. The average molecular weight is 396 g/mol. The molecular formula is C23H33N5O. The second-order valence-electron chi connectivity index (χ2n) is 7.90. The van der Waals surface area contributed by atoms with E-state index in [1.807, 2.05) is 6.20 Å². The van der Waals surface area contributed by atoms with E-state index in [4.69, 9.17) is 4.74 Å². The van der Waals surface area contributed by atoms with Crippen molar-refractivity contribution in [2.75, 3.05) is 25.0 Å². The van der Waals surface area contributed by atoms with Gasteiger partial charge in [-0.3, -0.25) is 4.99 Å². The summed E-state index contributed by atoms with van der Waals surface area (Å²) in [6.45, 7) is 11.7. The second-order valence-corrected chi connectivity index (χ2v) is 7.90. The number of aromatic nitrogens is 1. The van der Waals surface area contributed by atoms with Crippen molar-refractivity contribution in [2.45, 2.75) is 53.0 Å². The summed E-state index contributed by atoms with van der Waals surface area (Å²) < 4.78 is 5.81. The van der Waals surface area contributed by atoms with Crippen molar-refractivity contribution < 1.29 is 4.74 Å². The van der Waals surface area contributed by atoms with Gasteiger partial charge in [0, 0.05) is 39.4 Å². The molecule has 2 aromatic rings. The summed E-state index contributed by atoms with van der Waals surface area (Å²) in [5.41, 5.74) is 4.97. The molecule has 0 bridgehead atoms. The summed E-state index contributed by atoms with van der Waals surface area (Å²) in [7, 11) is 1.79. The molecule has 1 aliphatic heterocycles. The first-order chi connectivity index (χ1) is 13.9. The van der Waals surface area contributed by atoms with E-state index in [1.54, 1.807) is 7.05 Å². The topological polar surface area (TPSA) is 61.8 Å². The lowest BCUT2D eigenvalue weighted by Gasteiger charge is -2.36. The van der Waals surface area contributed by atoms with Crippen LogP contribution in [0.5, 0.6) is 0 Å². The molecule has 3 rings (SSSR count). The minimum Gasteiger partial charge on any atom is -0.372 e. The van der Waals surface area contributed by atoms with Gasteiger partial charge in [0.25, 0.3) is 0 Å². The molecule has 0 spiro atoms. The number of nitrogens with zero attached hydrogens (tertiary/aromatic N) is 3. The zero-order valence-electron chi connectivity index (χ0n) is 18.2. The first-order valence-electron chi connectivity index (χ1n) is 10.3. The van der Waals surface area contributed by atoms with Crippen LogP contribution in [0.3, 0.4) is 0 Å². The minimum absolute atomic E-state index is 0.230. The molecule has 0 saturated carbocycles. The minimum atomic E-state index is 0.230. The third kappa shape index (κ3) is 5.94. The first-order valence-corrected chi connectivity index (χ1v) is 10.3. The Balaban J connectivity index is 1.51. The number of ether oxygens (including phenoxy) is 1. The van der Waals surface area contributed by atoms with Gasteiger partial charge in [0.1, 0.15) is 5.82 Å². The third-order valence-corrected chi connectivity index (χ3v) is 5.18. The number of hydrogen-bond donors (Lipinski definition) is 2. The van der Waals surface area contributed by atoms with Crippen LogP contribution in [-0.2, 0) is 17.8 Å². The van der Waals surface area contributed by atoms with Gasteiger partial charge >= 0.3 is 0 Å². The zero-order valence-corrected chi connectivity index (χ0v) is 18.2. The fourth-order valence-electron chi connectivity index (χ4n) is 3.70. The largest absolute Gasteiger partial charge is 0.372 e. The highest BCUT2D eigenvalue weighted by atomic mass is 16.5. The number of anilines is 1. The van der Waals surface area contributed by atoms with Crippen molar-refractivity contribution in [3.05, 3.63) is 58.8 Å². The van der Waals surface area contributed by atoms with E-state index in [2.05, 4.69) is 83.5 Å². The molecular weight excluding hydrogens is 362 g/mol. The van der Waals surface area contributed by atoms with E-state index in [9.17, 15) is 0 Å². The summed E-state index contributed by atoms with van der Waals surface area (Å²) in [6.07, 6.45) is 2.40. The van der Waals surface area contributed by atoms with Gasteiger partial charge in [-0.05, 0) is 50.5 Å². The molecule has 2 unspecified atom stereocenters. The number of guanidine groups is 1. The van der Waals surface area contributed by atoms with Gasteiger partial charge in [0.15, 0.2) is 5.96 Å². The van der Waals surface area contributed by atoms with Crippen molar-refractivity contribution >= 4 is 11.8 Å². The maximum Gasteiger partial charge on any atom is 0.191 e. The predicted octanol–water partition coefficient (Wildman–Crippen LogP) is 3.18. The average Bonchev–Trinajstić information content (AvgIpc) is 2.69. The Hall–Kier alpha value is -2.60. The summed E-state index contributed by atoms with van der Waals surface area (Å²) in [4.78, 5) is 11.3. The molecule has 6 nitrogen and oxygen atoms in total. The maximum atomic E-state index is 5.81. The van der Waals surface area contributed by atoms with Crippen LogP contribution in [0.2, 0.25) is 0 Å². The van der Waals surface area contributed by atoms with Gasteiger partial charge in [-0.1, -0.05) is 29.8 Å². The number of morpholine rings is 1. The molecule has 1 fully saturated rings. The number of aliphatic imine (C=N–C) groups is 1. The monoisotopic (exact) mass is 395 g/mol. The summed E-state index contributed by atoms with van der Waals surface area (Å²) >= 11 is 0. The Morgan fingerprint density at radius 3 is 2.45 bits per heavy atom. The molecule has 2 N–H and O–H groups in total. The van der Waals surface area contributed by atoms with Crippen LogP contribution in [0.4, 0.5) is 5.82 Å². The summed E-state index contributed by atoms with van der Waals surface area (Å²) in [5, 5.41) is 6.75. The maximum absolute atomic E-state index is 5.81. The van der Waals surface area contributed by atoms with Gasteiger partial charge in [0.05, 0.1) is 12.2 Å². The number of rotatable bonds is 5. The Morgan fingerprint density at radius 1 is 1.10 bits per heavy atom. The fourth-order valence-corrected chi connectivity index (χ4v) is 3.70. The zero-order chi connectivity index (χ0) is 20.8. The van der Waals surface area contributed by atoms with Crippen molar-refractivity contribution in [3.63, 3.8) is 0 Å². The van der Waals surface area contributed by atoms with Crippen LogP contribution in [-0.4, -0.2) is 43.3 Å². The first kappa shape index (κ1) is 21.1. The second kappa shape index (κ2) is 9.74. The lowest BCUT2D eigenvalue weighted by Crippen LogP contribution is -2.45. The van der Waals surface area contributed by atoms with Gasteiger partial charge in [-0.15, -0.1) is 0 Å². The lowest BCUT2D eigenvalue weighted by atomic mass is 10.1. The van der Waals surface area contributed by atoms with Gasteiger partial charge < -0.3 is 20.3 Å². The standard InChI is InChI=1S/C23H33N5O/c1-16-6-8-21(17(2)10-16)13-27-23(24-5)26-12-20-7-9-22(25-11-20)28-14-18(3)29-19(4)15-28/h6-11,18-19H,12-15H2,1-5H3,(H2,24,26,27). The van der Waals surface area contributed by atoms with E-state index in [1.165, 1.54) is 16.7 Å². The van der Waals surface area contributed by atoms with Crippen molar-refractivity contribution in [1.82, 2.24) is 15.6 Å². The van der Waals surface area contributed by atoms with E-state index >= 15 is 0 Å². The smallest absolute Gasteiger partial charge is 0.191 e. The number of hydrogen-bond acceptors (Lipinski definition) is 4. The van der Waals surface area contributed by atoms with Gasteiger partial charge in [0.2, 0.25) is 0 Å². The molecule has 0 amide bonds. The Bertz CT molecular complexity index is 824. The third-order valence-electron chi connectivity index (χ3n) is 5.18. The predicted molar refractivity (Wildman–Crippen MR) is 119 cm³/mol. The number of nitrogens with one attached hydrogen (secondary N) is 2. The summed E-state index contributed by atoms with van der Waals surface area (Å²) in [6, 6.07) is 10.7. The normalized spacial score (nSPS) is 19.9. The number of aryl methyl sites for hydroxylation is 2. The van der Waals surface area contributed by atoms with E-state index in [-0.39, 0.29) is 12.2 Å². The highest BCUT2D eigenvalue weighted by Crippen LogP contribution is 2.18. The fraction of sp³-hybridized carbons (Fsp3) is 0.478. The van der Waals surface area contributed by atoms with Crippen LogP contribution < -0.4 is 15.5 Å². The van der Waals surface area contributed by atoms with E-state index in [0.717, 1.165) is 37.0 Å². The molecule has 2 atom stereocenters. The number of pyridine rings is 1. The molecule has 6 heteroatoms. The molecule has 1 saturated heterocycles. The SMILES string of the molecule is CN=C(NCc1ccc(N2CC(C)OC(C)C2)nc1)NCc1ccc(C)cc1C. The van der Waals surface area contributed by atoms with E-state index < -0.39 is 0 Å². The molecule has 0 radical (unpaired) electrons. The van der Waals surface area contributed by atoms with Crippen LogP contribution in [0.1, 0.15) is 36.1 Å². The molecule has 0 aliphatic carbocycles. The van der Waals surface area contributed by atoms with Gasteiger partial charge in [-0.25, -0.2) is 4.98 Å². The van der Waals surface area contributed by atoms with Gasteiger partial charge in [-0.2, -0.15) is 0 Å².